The Kier molecular flexibility index (Phi) is 3.37. The molecule has 2 aliphatic carbocycles. The van der Waals surface area contributed by atoms with Crippen molar-refractivity contribution in [1.29, 1.82) is 0 Å². The van der Waals surface area contributed by atoms with Gasteiger partial charge in [-0.05, 0) is 36.8 Å². The number of anilines is 1. The number of benzene rings is 1. The summed E-state index contributed by atoms with van der Waals surface area (Å²) >= 11 is 0. The number of imide groups is 1. The zero-order valence-electron chi connectivity index (χ0n) is 13.6. The third-order valence-electron chi connectivity index (χ3n) is 5.47. The Hall–Kier alpha value is -3.22. The van der Waals surface area contributed by atoms with Gasteiger partial charge in [0.1, 0.15) is 0 Å². The lowest BCUT2D eigenvalue weighted by Crippen LogP contribution is -2.34. The lowest BCUT2D eigenvalue weighted by molar-refractivity contribution is -0.119. The van der Waals surface area contributed by atoms with Crippen LogP contribution in [0.2, 0.25) is 0 Å². The van der Waals surface area contributed by atoms with E-state index in [-0.39, 0.29) is 16.8 Å². The number of aromatic carboxylic acids is 2. The van der Waals surface area contributed by atoms with Gasteiger partial charge in [0.05, 0.1) is 16.8 Å². The lowest BCUT2D eigenvalue weighted by Gasteiger charge is -2.29. The molecule has 7 nitrogen and oxygen atoms in total. The van der Waals surface area contributed by atoms with Crippen LogP contribution in [-0.2, 0) is 15.0 Å². The molecule has 132 valence electrons. The van der Waals surface area contributed by atoms with Crippen LogP contribution in [0, 0.1) is 5.92 Å². The number of rotatable bonds is 4. The Balaban J connectivity index is 2.02. The van der Waals surface area contributed by atoms with Crippen LogP contribution >= 0.6 is 0 Å². The summed E-state index contributed by atoms with van der Waals surface area (Å²) in [7, 11) is 0. The normalized spacial score (nSPS) is 26.2. The SMILES string of the molecule is O=C(O)c1ccc(C23C=CC(CC2)C3)c(C(=O)O)c1N1C(=O)C=CC1=O. The van der Waals surface area contributed by atoms with Gasteiger partial charge in [-0.25, -0.2) is 14.5 Å². The number of allylic oxidation sites excluding steroid dienone is 2. The predicted octanol–water partition coefficient (Wildman–Crippen LogP) is 2.12. The fourth-order valence-corrected chi connectivity index (χ4v) is 4.33. The van der Waals surface area contributed by atoms with Crippen molar-refractivity contribution in [3.8, 4) is 0 Å². The van der Waals surface area contributed by atoms with E-state index in [1.54, 1.807) is 0 Å². The average molecular weight is 353 g/mol. The van der Waals surface area contributed by atoms with Gasteiger partial charge in [-0.3, -0.25) is 9.59 Å². The molecular weight excluding hydrogens is 338 g/mol. The van der Waals surface area contributed by atoms with Crippen LogP contribution in [0.15, 0.2) is 36.4 Å². The largest absolute Gasteiger partial charge is 0.478 e. The van der Waals surface area contributed by atoms with Gasteiger partial charge in [-0.15, -0.1) is 0 Å². The molecule has 1 heterocycles. The number of carboxylic acid groups (broad SMARTS) is 2. The average Bonchev–Trinajstić information content (AvgIpc) is 3.29. The summed E-state index contributed by atoms with van der Waals surface area (Å²) in [6.07, 6.45) is 8.46. The van der Waals surface area contributed by atoms with Crippen LogP contribution in [-0.4, -0.2) is 34.0 Å². The van der Waals surface area contributed by atoms with Gasteiger partial charge in [0.15, 0.2) is 0 Å². The fraction of sp³-hybridized carbons (Fsp3) is 0.263. The Labute approximate surface area is 148 Å². The maximum Gasteiger partial charge on any atom is 0.338 e. The van der Waals surface area contributed by atoms with Crippen molar-refractivity contribution in [2.75, 3.05) is 4.90 Å². The summed E-state index contributed by atoms with van der Waals surface area (Å²) in [6, 6.07) is 2.79. The number of fused-ring (bicyclic) bond motifs is 2. The second kappa shape index (κ2) is 5.39. The van der Waals surface area contributed by atoms with Gasteiger partial charge in [0.2, 0.25) is 0 Å². The quantitative estimate of drug-likeness (QED) is 0.633. The molecule has 2 atom stereocenters. The molecule has 3 aliphatic rings. The maximum atomic E-state index is 12.1. The highest BCUT2D eigenvalue weighted by Crippen LogP contribution is 2.53. The number of carboxylic acids is 2. The van der Waals surface area contributed by atoms with E-state index >= 15 is 0 Å². The summed E-state index contributed by atoms with van der Waals surface area (Å²) in [6.45, 7) is 0. The van der Waals surface area contributed by atoms with Gasteiger partial charge >= 0.3 is 11.9 Å². The van der Waals surface area contributed by atoms with E-state index in [2.05, 4.69) is 0 Å². The molecule has 2 N–H and O–H groups in total. The van der Waals surface area contributed by atoms with Crippen LogP contribution in [0.3, 0.4) is 0 Å². The molecule has 7 heteroatoms. The molecule has 0 radical (unpaired) electrons. The molecule has 1 aromatic rings. The molecule has 26 heavy (non-hydrogen) atoms. The van der Waals surface area contributed by atoms with E-state index in [1.165, 1.54) is 12.1 Å². The number of hydrogen-bond acceptors (Lipinski definition) is 4. The first kappa shape index (κ1) is 16.3. The number of nitrogens with zero attached hydrogens (tertiary/aromatic N) is 1. The van der Waals surface area contributed by atoms with Gasteiger partial charge in [0, 0.05) is 17.6 Å². The van der Waals surface area contributed by atoms with Crippen LogP contribution in [0.4, 0.5) is 5.69 Å². The van der Waals surface area contributed by atoms with Gasteiger partial charge in [0.25, 0.3) is 11.8 Å². The Morgan fingerprint density at radius 3 is 2.23 bits per heavy atom. The standard InChI is InChI=1S/C19H15NO6/c21-13-3-4-14(22)20(13)16-11(17(23)24)1-2-12(15(16)18(25)26)19-7-5-10(9-19)6-8-19/h1-5,7,10H,6,8-9H2,(H,23,24)(H,25,26). The summed E-state index contributed by atoms with van der Waals surface area (Å²) in [4.78, 5) is 48.7. The molecule has 0 saturated heterocycles. The van der Waals surface area contributed by atoms with E-state index in [4.69, 9.17) is 0 Å². The second-order valence-corrected chi connectivity index (χ2v) is 6.86. The first-order valence-electron chi connectivity index (χ1n) is 8.23. The zero-order chi connectivity index (χ0) is 18.6. The minimum Gasteiger partial charge on any atom is -0.478 e. The van der Waals surface area contributed by atoms with Crippen molar-refractivity contribution in [1.82, 2.24) is 0 Å². The summed E-state index contributed by atoms with van der Waals surface area (Å²) in [5.41, 5.74) is -1.08. The van der Waals surface area contributed by atoms with Crippen LogP contribution in [0.25, 0.3) is 0 Å². The summed E-state index contributed by atoms with van der Waals surface area (Å²) in [5, 5.41) is 19.4. The Morgan fingerprint density at radius 2 is 1.77 bits per heavy atom. The minimum atomic E-state index is -1.40. The highest BCUT2D eigenvalue weighted by molar-refractivity contribution is 6.31. The summed E-state index contributed by atoms with van der Waals surface area (Å²) in [5.74, 6) is -3.88. The third kappa shape index (κ3) is 2.13. The molecule has 2 unspecified atom stereocenters. The molecule has 1 saturated carbocycles. The van der Waals surface area contributed by atoms with Gasteiger partial charge < -0.3 is 10.2 Å². The predicted molar refractivity (Wildman–Crippen MR) is 90.2 cm³/mol. The molecule has 4 rings (SSSR count). The molecular formula is C19H15NO6. The number of hydrogen-bond donors (Lipinski definition) is 2. The van der Waals surface area contributed by atoms with Crippen molar-refractivity contribution < 1.29 is 29.4 Å². The highest BCUT2D eigenvalue weighted by atomic mass is 16.4. The van der Waals surface area contributed by atoms with Crippen molar-refractivity contribution in [2.45, 2.75) is 24.7 Å². The Bertz CT molecular complexity index is 926. The van der Waals surface area contributed by atoms with Gasteiger partial charge in [-0.1, -0.05) is 18.2 Å². The molecule has 0 aromatic heterocycles. The monoisotopic (exact) mass is 353 g/mol. The second-order valence-electron chi connectivity index (χ2n) is 6.86. The first-order valence-corrected chi connectivity index (χ1v) is 8.23. The van der Waals surface area contributed by atoms with E-state index in [1.807, 2.05) is 12.2 Å². The number of carbonyl (C=O) groups excluding carboxylic acids is 2. The smallest absolute Gasteiger partial charge is 0.338 e. The first-order chi connectivity index (χ1) is 12.3. The molecule has 1 aromatic carbocycles. The van der Waals surface area contributed by atoms with Crippen molar-refractivity contribution in [3.05, 3.63) is 53.1 Å². The maximum absolute atomic E-state index is 12.1. The zero-order valence-corrected chi connectivity index (χ0v) is 13.6. The molecule has 0 spiro atoms. The lowest BCUT2D eigenvalue weighted by atomic mass is 9.76. The van der Waals surface area contributed by atoms with Crippen molar-refractivity contribution in [2.24, 2.45) is 5.92 Å². The number of carbonyl (C=O) groups is 4. The molecule has 2 bridgehead atoms. The van der Waals surface area contributed by atoms with E-state index in [9.17, 15) is 29.4 Å². The molecule has 2 amide bonds. The summed E-state index contributed by atoms with van der Waals surface area (Å²) < 4.78 is 0. The Morgan fingerprint density at radius 1 is 1.08 bits per heavy atom. The van der Waals surface area contributed by atoms with Crippen LogP contribution in [0.5, 0.6) is 0 Å². The number of amides is 2. The van der Waals surface area contributed by atoms with Gasteiger partial charge in [-0.2, -0.15) is 0 Å². The van der Waals surface area contributed by atoms with Crippen LogP contribution in [0.1, 0.15) is 45.5 Å². The van der Waals surface area contributed by atoms with Crippen LogP contribution < -0.4 is 4.90 Å². The van der Waals surface area contributed by atoms with E-state index < -0.39 is 29.2 Å². The van der Waals surface area contributed by atoms with E-state index in [0.29, 0.717) is 16.4 Å². The topological polar surface area (TPSA) is 112 Å². The van der Waals surface area contributed by atoms with E-state index in [0.717, 1.165) is 31.4 Å². The van der Waals surface area contributed by atoms with Crippen molar-refractivity contribution >= 4 is 29.4 Å². The minimum absolute atomic E-state index is 0.289. The highest BCUT2D eigenvalue weighted by Gasteiger charge is 2.46. The van der Waals surface area contributed by atoms with Crippen molar-refractivity contribution in [3.63, 3.8) is 0 Å². The fourth-order valence-electron chi connectivity index (χ4n) is 4.33. The molecule has 1 fully saturated rings. The third-order valence-corrected chi connectivity index (χ3v) is 5.47. The molecule has 1 aliphatic heterocycles.